The van der Waals surface area contributed by atoms with Gasteiger partial charge in [-0.05, 0) is 37.5 Å². The lowest BCUT2D eigenvalue weighted by Crippen LogP contribution is -2.46. The topological polar surface area (TPSA) is 68.2 Å². The zero-order valence-corrected chi connectivity index (χ0v) is 14.3. The van der Waals surface area contributed by atoms with Crippen LogP contribution in [0.4, 0.5) is 4.79 Å². The zero-order chi connectivity index (χ0) is 16.7. The molecular formula is C17H21ClN4O2. The van der Waals surface area contributed by atoms with Crippen LogP contribution in [0.2, 0.25) is 5.02 Å². The van der Waals surface area contributed by atoms with Crippen LogP contribution in [-0.4, -0.2) is 40.4 Å². The zero-order valence-electron chi connectivity index (χ0n) is 13.6. The van der Waals surface area contributed by atoms with Crippen LogP contribution in [0.5, 0.6) is 0 Å². The van der Waals surface area contributed by atoms with Crippen LogP contribution >= 0.6 is 11.6 Å². The summed E-state index contributed by atoms with van der Waals surface area (Å²) in [4.78, 5) is 16.6. The van der Waals surface area contributed by atoms with Crippen molar-refractivity contribution >= 4 is 28.7 Å². The highest BCUT2D eigenvalue weighted by Crippen LogP contribution is 2.34. The van der Waals surface area contributed by atoms with E-state index in [0.717, 1.165) is 36.1 Å². The summed E-state index contributed by atoms with van der Waals surface area (Å²) >= 11 is 6.01. The number of halogens is 1. The van der Waals surface area contributed by atoms with Crippen molar-refractivity contribution in [1.82, 2.24) is 20.2 Å². The van der Waals surface area contributed by atoms with Crippen molar-refractivity contribution in [2.45, 2.75) is 43.9 Å². The second kappa shape index (κ2) is 6.26. The third-order valence-electron chi connectivity index (χ3n) is 4.99. The Morgan fingerprint density at radius 1 is 1.46 bits per heavy atom. The first-order valence-corrected chi connectivity index (χ1v) is 8.78. The Bertz CT molecular complexity index is 775. The van der Waals surface area contributed by atoms with Crippen LogP contribution in [-0.2, 0) is 18.2 Å². The van der Waals surface area contributed by atoms with Gasteiger partial charge < -0.3 is 19.9 Å². The molecule has 24 heavy (non-hydrogen) atoms. The molecule has 128 valence electrons. The van der Waals surface area contributed by atoms with Crippen LogP contribution in [0.15, 0.2) is 18.2 Å². The summed E-state index contributed by atoms with van der Waals surface area (Å²) in [5.74, 6) is 0.927. The Hall–Kier alpha value is -1.79. The molecule has 7 heteroatoms. The van der Waals surface area contributed by atoms with Gasteiger partial charge >= 0.3 is 6.03 Å². The number of fused-ring (bicyclic) bond motifs is 3. The van der Waals surface area contributed by atoms with Crippen molar-refractivity contribution in [3.8, 4) is 0 Å². The molecule has 3 heterocycles. The predicted octanol–water partition coefficient (Wildman–Crippen LogP) is 2.39. The molecule has 4 rings (SSSR count). The van der Waals surface area contributed by atoms with Gasteiger partial charge in [0.05, 0.1) is 29.3 Å². The molecule has 0 radical (unpaired) electrons. The molecular weight excluding hydrogens is 328 g/mol. The number of nitrogens with one attached hydrogen (secondary N) is 2. The van der Waals surface area contributed by atoms with E-state index in [1.165, 1.54) is 0 Å². The van der Waals surface area contributed by atoms with Crippen molar-refractivity contribution in [2.75, 3.05) is 6.54 Å². The molecule has 0 unspecified atom stereocenters. The number of carbonyl (C=O) groups excluding carboxylic acids is 1. The van der Waals surface area contributed by atoms with E-state index in [2.05, 4.69) is 15.6 Å². The molecule has 0 spiro atoms. The highest BCUT2D eigenvalue weighted by atomic mass is 35.5. The van der Waals surface area contributed by atoms with E-state index in [4.69, 9.17) is 16.3 Å². The average molecular weight is 349 g/mol. The Labute approximate surface area is 145 Å². The molecule has 2 saturated heterocycles. The SMILES string of the molecule is Cn1c(CCNC(=O)N[C@@H]2C[C@H]3CC[C@H]2O3)nc2cc(Cl)ccc21. The summed E-state index contributed by atoms with van der Waals surface area (Å²) in [6, 6.07) is 5.71. The third-order valence-corrected chi connectivity index (χ3v) is 5.23. The van der Waals surface area contributed by atoms with Crippen molar-refractivity contribution in [3.63, 3.8) is 0 Å². The number of aryl methyl sites for hydroxylation is 1. The highest BCUT2D eigenvalue weighted by molar-refractivity contribution is 6.31. The van der Waals surface area contributed by atoms with Gasteiger partial charge in [-0.1, -0.05) is 11.6 Å². The van der Waals surface area contributed by atoms with Crippen LogP contribution in [0, 0.1) is 0 Å². The normalized spacial score (nSPS) is 25.3. The van der Waals surface area contributed by atoms with Crippen molar-refractivity contribution in [1.29, 1.82) is 0 Å². The van der Waals surface area contributed by atoms with E-state index < -0.39 is 0 Å². The molecule has 2 bridgehead atoms. The Morgan fingerprint density at radius 2 is 2.33 bits per heavy atom. The lowest BCUT2D eigenvalue weighted by atomic mass is 9.96. The molecule has 2 fully saturated rings. The number of carbonyl (C=O) groups is 1. The summed E-state index contributed by atoms with van der Waals surface area (Å²) in [6.45, 7) is 0.540. The Kier molecular flexibility index (Phi) is 4.10. The summed E-state index contributed by atoms with van der Waals surface area (Å²) < 4.78 is 7.79. The number of imidazole rings is 1. The second-order valence-electron chi connectivity index (χ2n) is 6.59. The first-order chi connectivity index (χ1) is 11.6. The molecule has 1 aromatic heterocycles. The lowest BCUT2D eigenvalue weighted by molar-refractivity contribution is 0.0981. The smallest absolute Gasteiger partial charge is 0.315 e. The van der Waals surface area contributed by atoms with E-state index in [-0.39, 0.29) is 18.2 Å². The summed E-state index contributed by atoms with van der Waals surface area (Å²) in [7, 11) is 1.98. The number of ether oxygens (including phenoxy) is 1. The van der Waals surface area contributed by atoms with Crippen LogP contribution in [0.3, 0.4) is 0 Å². The van der Waals surface area contributed by atoms with Crippen LogP contribution < -0.4 is 10.6 Å². The van der Waals surface area contributed by atoms with Gasteiger partial charge in [-0.2, -0.15) is 0 Å². The van der Waals surface area contributed by atoms with Crippen LogP contribution in [0.1, 0.15) is 25.1 Å². The summed E-state index contributed by atoms with van der Waals surface area (Å²) in [5.41, 5.74) is 1.92. The van der Waals surface area contributed by atoms with Gasteiger partial charge in [0.25, 0.3) is 0 Å². The molecule has 2 aliphatic heterocycles. The summed E-state index contributed by atoms with van der Waals surface area (Å²) in [6.07, 6.45) is 4.32. The third kappa shape index (κ3) is 2.96. The molecule has 2 amide bonds. The first-order valence-electron chi connectivity index (χ1n) is 8.41. The van der Waals surface area contributed by atoms with Gasteiger partial charge in [-0.25, -0.2) is 9.78 Å². The number of benzene rings is 1. The average Bonchev–Trinajstić information content (AvgIpc) is 3.23. The highest BCUT2D eigenvalue weighted by Gasteiger charge is 2.41. The molecule has 0 saturated carbocycles. The van der Waals surface area contributed by atoms with E-state index in [1.54, 1.807) is 0 Å². The van der Waals surface area contributed by atoms with Gasteiger partial charge in [0.2, 0.25) is 0 Å². The largest absolute Gasteiger partial charge is 0.373 e. The summed E-state index contributed by atoms with van der Waals surface area (Å²) in [5, 5.41) is 6.62. The molecule has 2 aromatic rings. The van der Waals surface area contributed by atoms with E-state index in [1.807, 2.05) is 29.8 Å². The molecule has 6 nitrogen and oxygen atoms in total. The first kappa shape index (κ1) is 15.7. The minimum atomic E-state index is -0.127. The van der Waals surface area contributed by atoms with Crippen LogP contribution in [0.25, 0.3) is 11.0 Å². The number of urea groups is 1. The number of rotatable bonds is 4. The minimum Gasteiger partial charge on any atom is -0.373 e. The fraction of sp³-hybridized carbons (Fsp3) is 0.529. The molecule has 0 aliphatic carbocycles. The quantitative estimate of drug-likeness (QED) is 0.891. The Morgan fingerprint density at radius 3 is 3.08 bits per heavy atom. The van der Waals surface area contributed by atoms with Gasteiger partial charge in [-0.15, -0.1) is 0 Å². The minimum absolute atomic E-state index is 0.127. The standard InChI is InChI=1S/C17H21ClN4O2/c1-22-14-4-2-10(18)8-12(14)20-16(22)6-7-19-17(23)21-13-9-11-3-5-15(13)24-11/h2,4,8,11,13,15H,3,5-7,9H2,1H3,(H2,19,21,23)/t11-,13-,15-/m1/s1. The monoisotopic (exact) mass is 348 g/mol. The lowest BCUT2D eigenvalue weighted by Gasteiger charge is -2.20. The maximum Gasteiger partial charge on any atom is 0.315 e. The van der Waals surface area contributed by atoms with E-state index >= 15 is 0 Å². The van der Waals surface area contributed by atoms with Crippen molar-refractivity contribution in [2.24, 2.45) is 7.05 Å². The molecule has 3 atom stereocenters. The number of hydrogen-bond acceptors (Lipinski definition) is 3. The number of amides is 2. The fourth-order valence-corrected chi connectivity index (χ4v) is 3.91. The second-order valence-corrected chi connectivity index (χ2v) is 7.02. The molecule has 2 N–H and O–H groups in total. The fourth-order valence-electron chi connectivity index (χ4n) is 3.74. The maximum atomic E-state index is 12.0. The number of nitrogens with zero attached hydrogens (tertiary/aromatic N) is 2. The van der Waals surface area contributed by atoms with Crippen molar-refractivity contribution < 1.29 is 9.53 Å². The predicted molar refractivity (Wildman–Crippen MR) is 92.3 cm³/mol. The van der Waals surface area contributed by atoms with Gasteiger partial charge in [0.15, 0.2) is 0 Å². The van der Waals surface area contributed by atoms with E-state index in [9.17, 15) is 4.79 Å². The number of aromatic nitrogens is 2. The molecule has 1 aromatic carbocycles. The van der Waals surface area contributed by atoms with Gasteiger partial charge in [0.1, 0.15) is 5.82 Å². The van der Waals surface area contributed by atoms with Gasteiger partial charge in [-0.3, -0.25) is 0 Å². The Balaban J connectivity index is 1.31. The molecule has 2 aliphatic rings. The number of hydrogen-bond donors (Lipinski definition) is 2. The van der Waals surface area contributed by atoms with Crippen molar-refractivity contribution in [3.05, 3.63) is 29.0 Å². The van der Waals surface area contributed by atoms with E-state index in [0.29, 0.717) is 24.1 Å². The van der Waals surface area contributed by atoms with Gasteiger partial charge in [0, 0.05) is 25.0 Å². The maximum absolute atomic E-state index is 12.0.